The van der Waals surface area contributed by atoms with Crippen LogP contribution in [0.15, 0.2) is 18.2 Å². The normalized spacial score (nSPS) is 11.2. The van der Waals surface area contributed by atoms with Gasteiger partial charge in [-0.25, -0.2) is 0 Å². The Labute approximate surface area is 152 Å². The second kappa shape index (κ2) is 10.1. The Kier molecular flexibility index (Phi) is 9.35. The lowest BCUT2D eigenvalue weighted by Gasteiger charge is -2.16. The highest BCUT2D eigenvalue weighted by molar-refractivity contribution is 6.31. The van der Waals surface area contributed by atoms with Crippen LogP contribution in [-0.2, 0) is 14.4 Å². The van der Waals surface area contributed by atoms with Crippen molar-refractivity contribution in [2.75, 3.05) is 17.2 Å². The molecule has 0 radical (unpaired) electrons. The highest BCUT2D eigenvalue weighted by Crippen LogP contribution is 2.25. The predicted molar refractivity (Wildman–Crippen MR) is 97.5 cm³/mol. The van der Waals surface area contributed by atoms with Gasteiger partial charge in [-0.3, -0.25) is 14.4 Å². The van der Waals surface area contributed by atoms with E-state index in [1.807, 2.05) is 13.8 Å². The Hall–Kier alpha value is -1.83. The van der Waals surface area contributed by atoms with Gasteiger partial charge in [-0.2, -0.15) is 0 Å². The Morgan fingerprint density at radius 2 is 1.79 bits per heavy atom. The molecule has 134 valence electrons. The molecule has 5 N–H and O–H groups in total. The number of anilines is 2. The molecule has 1 aromatic carbocycles. The van der Waals surface area contributed by atoms with Gasteiger partial charge in [0.2, 0.25) is 17.7 Å². The molecule has 3 amide bonds. The van der Waals surface area contributed by atoms with E-state index < -0.39 is 17.9 Å². The minimum Gasteiger partial charge on any atom is -0.346 e. The van der Waals surface area contributed by atoms with Crippen molar-refractivity contribution in [2.45, 2.75) is 26.8 Å². The third-order valence-electron chi connectivity index (χ3n) is 3.01. The van der Waals surface area contributed by atoms with Crippen LogP contribution in [0.5, 0.6) is 0 Å². The van der Waals surface area contributed by atoms with Gasteiger partial charge < -0.3 is 21.7 Å². The molecule has 0 bridgehead atoms. The number of nitrogens with one attached hydrogen (secondary N) is 3. The molecule has 24 heavy (non-hydrogen) atoms. The summed E-state index contributed by atoms with van der Waals surface area (Å²) in [6, 6.07) is 3.99. The maximum absolute atomic E-state index is 11.9. The van der Waals surface area contributed by atoms with Crippen molar-refractivity contribution >= 4 is 53.1 Å². The zero-order valence-electron chi connectivity index (χ0n) is 13.7. The highest BCUT2D eigenvalue weighted by Gasteiger charge is 2.18. The third kappa shape index (κ3) is 7.16. The molecule has 0 aliphatic rings. The molecule has 0 aromatic heterocycles. The van der Waals surface area contributed by atoms with Crippen molar-refractivity contribution < 1.29 is 14.4 Å². The van der Waals surface area contributed by atoms with Crippen molar-refractivity contribution in [1.29, 1.82) is 0 Å². The van der Waals surface area contributed by atoms with Gasteiger partial charge in [-0.15, -0.1) is 12.4 Å². The van der Waals surface area contributed by atoms with Crippen LogP contribution in [0.2, 0.25) is 5.02 Å². The largest absolute Gasteiger partial charge is 0.346 e. The first kappa shape index (κ1) is 22.2. The van der Waals surface area contributed by atoms with Gasteiger partial charge in [-0.1, -0.05) is 25.4 Å². The number of carbonyl (C=O) groups is 3. The summed E-state index contributed by atoms with van der Waals surface area (Å²) in [7, 11) is 0. The molecule has 0 fully saturated rings. The van der Waals surface area contributed by atoms with Crippen LogP contribution in [0.3, 0.4) is 0 Å². The van der Waals surface area contributed by atoms with E-state index in [4.69, 9.17) is 17.3 Å². The molecule has 0 saturated carbocycles. The molecule has 1 rings (SSSR count). The van der Waals surface area contributed by atoms with E-state index in [0.717, 1.165) is 0 Å². The molecule has 1 atom stereocenters. The summed E-state index contributed by atoms with van der Waals surface area (Å²) in [5, 5.41) is 8.06. The molecule has 7 nitrogen and oxygen atoms in total. The molecule has 0 spiro atoms. The van der Waals surface area contributed by atoms with E-state index in [0.29, 0.717) is 16.4 Å². The van der Waals surface area contributed by atoms with Crippen LogP contribution in [0, 0.1) is 5.92 Å². The smallest absolute Gasteiger partial charge is 0.243 e. The maximum atomic E-state index is 11.9. The molecule has 0 aliphatic heterocycles. The monoisotopic (exact) mass is 376 g/mol. The number of rotatable bonds is 6. The van der Waals surface area contributed by atoms with Crippen molar-refractivity contribution in [3.05, 3.63) is 23.2 Å². The van der Waals surface area contributed by atoms with Crippen molar-refractivity contribution in [3.8, 4) is 0 Å². The number of hydrogen-bond acceptors (Lipinski definition) is 4. The minimum atomic E-state index is -0.673. The molecule has 9 heteroatoms. The van der Waals surface area contributed by atoms with Crippen molar-refractivity contribution in [2.24, 2.45) is 11.7 Å². The summed E-state index contributed by atoms with van der Waals surface area (Å²) in [5.41, 5.74) is 6.45. The van der Waals surface area contributed by atoms with Crippen LogP contribution in [0.1, 0.15) is 20.8 Å². The third-order valence-corrected chi connectivity index (χ3v) is 3.25. The summed E-state index contributed by atoms with van der Waals surface area (Å²) >= 11 is 5.87. The Bertz CT molecular complexity index is 608. The van der Waals surface area contributed by atoms with E-state index in [9.17, 15) is 14.4 Å². The summed E-state index contributed by atoms with van der Waals surface area (Å²) < 4.78 is 0. The highest BCUT2D eigenvalue weighted by atomic mass is 35.5. The first-order chi connectivity index (χ1) is 10.7. The fourth-order valence-electron chi connectivity index (χ4n) is 1.70. The first-order valence-electron chi connectivity index (χ1n) is 7.11. The number of benzene rings is 1. The summed E-state index contributed by atoms with van der Waals surface area (Å²) in [5.74, 6) is -1.16. The van der Waals surface area contributed by atoms with Gasteiger partial charge in [0.1, 0.15) is 0 Å². The van der Waals surface area contributed by atoms with Crippen LogP contribution in [0.4, 0.5) is 11.4 Å². The average molecular weight is 377 g/mol. The van der Waals surface area contributed by atoms with Gasteiger partial charge in [0, 0.05) is 11.9 Å². The second-order valence-electron chi connectivity index (χ2n) is 5.41. The standard InChI is InChI=1S/C15H21ClN4O3.ClH/c1-8(2)14(17)15(23)18-7-13(22)20-11-5-4-10(16)6-12(11)19-9(3)21;/h4-6,8,14H,7,17H2,1-3H3,(H,18,23)(H,19,21)(H,20,22);1H/t14-;/m0./s1. The zero-order chi connectivity index (χ0) is 17.6. The van der Waals surface area contributed by atoms with Crippen LogP contribution in [-0.4, -0.2) is 30.3 Å². The SMILES string of the molecule is CC(=O)Nc1cc(Cl)ccc1NC(=O)CNC(=O)[C@@H](N)C(C)C.Cl. The average Bonchev–Trinajstić information content (AvgIpc) is 2.46. The van der Waals surface area contributed by atoms with E-state index in [1.165, 1.54) is 13.0 Å². The van der Waals surface area contributed by atoms with E-state index in [1.54, 1.807) is 12.1 Å². The number of hydrogen-bond donors (Lipinski definition) is 4. The van der Waals surface area contributed by atoms with Gasteiger partial charge in [0.25, 0.3) is 0 Å². The summed E-state index contributed by atoms with van der Waals surface area (Å²) in [4.78, 5) is 34.8. The quantitative estimate of drug-likeness (QED) is 0.605. The van der Waals surface area contributed by atoms with Gasteiger partial charge in [-0.05, 0) is 24.1 Å². The first-order valence-corrected chi connectivity index (χ1v) is 7.48. The lowest BCUT2D eigenvalue weighted by atomic mass is 10.1. The fourth-order valence-corrected chi connectivity index (χ4v) is 1.87. The molecule has 1 aromatic rings. The van der Waals surface area contributed by atoms with Gasteiger partial charge in [0.15, 0.2) is 0 Å². The van der Waals surface area contributed by atoms with Crippen LogP contribution >= 0.6 is 24.0 Å². The van der Waals surface area contributed by atoms with Crippen LogP contribution < -0.4 is 21.7 Å². The molecular formula is C15H22Cl2N4O3. The molecule has 0 aliphatic carbocycles. The maximum Gasteiger partial charge on any atom is 0.243 e. The van der Waals surface area contributed by atoms with E-state index in [2.05, 4.69) is 16.0 Å². The van der Waals surface area contributed by atoms with Crippen LogP contribution in [0.25, 0.3) is 0 Å². The topological polar surface area (TPSA) is 113 Å². The predicted octanol–water partition coefficient (Wildman–Crippen LogP) is 1.76. The Morgan fingerprint density at radius 3 is 2.33 bits per heavy atom. The van der Waals surface area contributed by atoms with Gasteiger partial charge >= 0.3 is 0 Å². The summed E-state index contributed by atoms with van der Waals surface area (Å²) in [6.07, 6.45) is 0. The number of nitrogens with two attached hydrogens (primary N) is 1. The molecule has 0 saturated heterocycles. The van der Waals surface area contributed by atoms with Crippen molar-refractivity contribution in [1.82, 2.24) is 5.32 Å². The van der Waals surface area contributed by atoms with Crippen molar-refractivity contribution in [3.63, 3.8) is 0 Å². The zero-order valence-corrected chi connectivity index (χ0v) is 15.3. The fraction of sp³-hybridized carbons (Fsp3) is 0.400. The van der Waals surface area contributed by atoms with Gasteiger partial charge in [0.05, 0.1) is 24.0 Å². The molecule has 0 unspecified atom stereocenters. The number of carbonyl (C=O) groups excluding carboxylic acids is 3. The Balaban J connectivity index is 0.00000529. The lowest BCUT2D eigenvalue weighted by Crippen LogP contribution is -2.46. The number of amides is 3. The van der Waals surface area contributed by atoms with E-state index in [-0.39, 0.29) is 30.8 Å². The summed E-state index contributed by atoms with van der Waals surface area (Å²) in [6.45, 7) is 4.76. The van der Waals surface area contributed by atoms with E-state index >= 15 is 0 Å². The number of halogens is 2. The lowest BCUT2D eigenvalue weighted by molar-refractivity contribution is -0.125. The molecule has 0 heterocycles. The Morgan fingerprint density at radius 1 is 1.17 bits per heavy atom. The minimum absolute atomic E-state index is 0. The molecular weight excluding hydrogens is 355 g/mol. The second-order valence-corrected chi connectivity index (χ2v) is 5.84.